The van der Waals surface area contributed by atoms with Gasteiger partial charge in [-0.25, -0.2) is 18.5 Å². The van der Waals surface area contributed by atoms with Crippen molar-refractivity contribution >= 4 is 21.1 Å². The van der Waals surface area contributed by atoms with Crippen LogP contribution < -0.4 is 5.14 Å². The van der Waals surface area contributed by atoms with E-state index in [9.17, 15) is 8.42 Å². The van der Waals surface area contributed by atoms with Gasteiger partial charge in [0.2, 0.25) is 10.0 Å². The van der Waals surface area contributed by atoms with Gasteiger partial charge < -0.3 is 0 Å². The summed E-state index contributed by atoms with van der Waals surface area (Å²) in [6.45, 7) is 0. The number of pyridine rings is 4. The second-order valence-corrected chi connectivity index (χ2v) is 7.17. The molecule has 0 unspecified atom stereocenters. The number of rotatable bonds is 3. The minimum atomic E-state index is -3.84. The van der Waals surface area contributed by atoms with Crippen molar-refractivity contribution in [3.05, 3.63) is 67.4 Å². The summed E-state index contributed by atoms with van der Waals surface area (Å²) in [5.41, 5.74) is 4.46. The average molecular weight is 363 g/mol. The van der Waals surface area contributed by atoms with Gasteiger partial charge in [-0.05, 0) is 42.0 Å². The largest absolute Gasteiger partial charge is 0.265 e. The van der Waals surface area contributed by atoms with Crippen molar-refractivity contribution < 1.29 is 8.42 Å². The number of aromatic nitrogens is 4. The van der Waals surface area contributed by atoms with Gasteiger partial charge >= 0.3 is 0 Å². The van der Waals surface area contributed by atoms with E-state index < -0.39 is 10.0 Å². The molecule has 0 fully saturated rings. The van der Waals surface area contributed by atoms with Crippen LogP contribution in [0, 0.1) is 0 Å². The second-order valence-electron chi connectivity index (χ2n) is 5.61. The number of primary sulfonamides is 1. The summed E-state index contributed by atoms with van der Waals surface area (Å²) in [5.74, 6) is 0. The van der Waals surface area contributed by atoms with Gasteiger partial charge in [-0.1, -0.05) is 0 Å². The van der Waals surface area contributed by atoms with Gasteiger partial charge in [-0.3, -0.25) is 15.0 Å². The van der Waals surface area contributed by atoms with E-state index in [2.05, 4.69) is 19.9 Å². The Hall–Kier alpha value is -3.23. The molecule has 4 heterocycles. The SMILES string of the molecule is NS(=O)(=O)c1cncc(-c2ccc3nccc(-c4ccncc4)c3n2)c1. The van der Waals surface area contributed by atoms with Crippen LogP contribution >= 0.6 is 0 Å². The summed E-state index contributed by atoms with van der Waals surface area (Å²) in [6, 6.07) is 10.7. The van der Waals surface area contributed by atoms with Crippen molar-refractivity contribution in [1.82, 2.24) is 19.9 Å². The molecule has 0 aliphatic rings. The van der Waals surface area contributed by atoms with Crippen molar-refractivity contribution in [3.63, 3.8) is 0 Å². The maximum atomic E-state index is 11.6. The molecular weight excluding hydrogens is 350 g/mol. The van der Waals surface area contributed by atoms with Crippen LogP contribution in [0.5, 0.6) is 0 Å². The molecule has 0 aromatic carbocycles. The van der Waals surface area contributed by atoms with Gasteiger partial charge in [0.25, 0.3) is 0 Å². The van der Waals surface area contributed by atoms with Crippen LogP contribution in [0.4, 0.5) is 0 Å². The molecule has 0 saturated heterocycles. The molecule has 128 valence electrons. The highest BCUT2D eigenvalue weighted by Gasteiger charge is 2.12. The fourth-order valence-electron chi connectivity index (χ4n) is 2.66. The Kier molecular flexibility index (Phi) is 3.90. The lowest BCUT2D eigenvalue weighted by atomic mass is 10.1. The zero-order valence-electron chi connectivity index (χ0n) is 13.4. The predicted octanol–water partition coefficient (Wildman–Crippen LogP) is 2.40. The third-order valence-electron chi connectivity index (χ3n) is 3.91. The Bertz CT molecular complexity index is 1210. The van der Waals surface area contributed by atoms with E-state index in [1.54, 1.807) is 30.9 Å². The lowest BCUT2D eigenvalue weighted by Crippen LogP contribution is -2.12. The molecular formula is C18H13N5O2S. The van der Waals surface area contributed by atoms with Crippen LogP contribution in [-0.2, 0) is 10.0 Å². The van der Waals surface area contributed by atoms with Crippen LogP contribution in [0.25, 0.3) is 33.4 Å². The molecule has 7 nitrogen and oxygen atoms in total. The van der Waals surface area contributed by atoms with Gasteiger partial charge in [-0.15, -0.1) is 0 Å². The smallest absolute Gasteiger partial charge is 0.239 e. The number of hydrogen-bond donors (Lipinski definition) is 1. The highest BCUT2D eigenvalue weighted by molar-refractivity contribution is 7.89. The molecule has 4 aromatic rings. The molecule has 0 aliphatic carbocycles. The summed E-state index contributed by atoms with van der Waals surface area (Å²) >= 11 is 0. The molecule has 0 atom stereocenters. The predicted molar refractivity (Wildman–Crippen MR) is 97.4 cm³/mol. The van der Waals surface area contributed by atoms with Crippen molar-refractivity contribution in [2.75, 3.05) is 0 Å². The van der Waals surface area contributed by atoms with Crippen molar-refractivity contribution in [2.45, 2.75) is 4.90 Å². The zero-order chi connectivity index (χ0) is 18.1. The average Bonchev–Trinajstić information content (AvgIpc) is 2.67. The molecule has 0 aliphatic heterocycles. The quantitative estimate of drug-likeness (QED) is 0.598. The van der Waals surface area contributed by atoms with Crippen molar-refractivity contribution in [1.29, 1.82) is 0 Å². The van der Waals surface area contributed by atoms with Gasteiger partial charge in [-0.2, -0.15) is 0 Å². The van der Waals surface area contributed by atoms with E-state index in [4.69, 9.17) is 5.14 Å². The first-order valence-corrected chi connectivity index (χ1v) is 9.21. The number of sulfonamides is 1. The van der Waals surface area contributed by atoms with Crippen LogP contribution in [0.2, 0.25) is 0 Å². The van der Waals surface area contributed by atoms with Crippen LogP contribution in [0.3, 0.4) is 0 Å². The Labute approximate surface area is 149 Å². The Balaban J connectivity index is 1.91. The number of nitrogens with two attached hydrogens (primary N) is 1. The number of nitrogens with zero attached hydrogens (tertiary/aromatic N) is 4. The van der Waals surface area contributed by atoms with Gasteiger partial charge in [0.1, 0.15) is 4.90 Å². The van der Waals surface area contributed by atoms with Gasteiger partial charge in [0, 0.05) is 42.1 Å². The third-order valence-corrected chi connectivity index (χ3v) is 4.79. The Morgan fingerprint density at radius 2 is 1.65 bits per heavy atom. The van der Waals surface area contributed by atoms with Crippen molar-refractivity contribution in [2.24, 2.45) is 5.14 Å². The summed E-state index contributed by atoms with van der Waals surface area (Å²) < 4.78 is 23.1. The molecule has 4 aromatic heterocycles. The lowest BCUT2D eigenvalue weighted by molar-refractivity contribution is 0.597. The molecule has 0 amide bonds. The van der Waals surface area contributed by atoms with Gasteiger partial charge in [0.05, 0.1) is 16.7 Å². The van der Waals surface area contributed by atoms with Crippen LogP contribution in [0.15, 0.2) is 72.3 Å². The standard InChI is InChI=1S/C18H13N5O2S/c19-26(24,25)14-9-13(10-21-11-14)16-1-2-17-18(23-16)15(5-8-22-17)12-3-6-20-7-4-12/h1-11H,(H2,19,24,25). The first-order chi connectivity index (χ1) is 12.5. The summed E-state index contributed by atoms with van der Waals surface area (Å²) in [5, 5.41) is 5.19. The van der Waals surface area contributed by atoms with E-state index in [1.165, 1.54) is 12.3 Å². The maximum Gasteiger partial charge on any atom is 0.239 e. The number of fused-ring (bicyclic) bond motifs is 1. The monoisotopic (exact) mass is 363 g/mol. The topological polar surface area (TPSA) is 112 Å². The second kappa shape index (κ2) is 6.25. The molecule has 0 radical (unpaired) electrons. The fourth-order valence-corrected chi connectivity index (χ4v) is 3.16. The van der Waals surface area contributed by atoms with Gasteiger partial charge in [0.15, 0.2) is 0 Å². The normalized spacial score (nSPS) is 11.6. The minimum Gasteiger partial charge on any atom is -0.265 e. The van der Waals surface area contributed by atoms with E-state index in [-0.39, 0.29) is 4.90 Å². The van der Waals surface area contributed by atoms with E-state index in [0.717, 1.165) is 16.6 Å². The number of hydrogen-bond acceptors (Lipinski definition) is 6. The molecule has 26 heavy (non-hydrogen) atoms. The van der Waals surface area contributed by atoms with Crippen molar-refractivity contribution in [3.8, 4) is 22.4 Å². The summed E-state index contributed by atoms with van der Waals surface area (Å²) in [4.78, 5) is 17.0. The molecule has 0 spiro atoms. The van der Waals surface area contributed by atoms with Crippen LogP contribution in [0.1, 0.15) is 0 Å². The molecule has 8 heteroatoms. The Morgan fingerprint density at radius 1 is 0.846 bits per heavy atom. The van der Waals surface area contributed by atoms with E-state index in [1.807, 2.05) is 24.3 Å². The fraction of sp³-hybridized carbons (Fsp3) is 0. The van der Waals surface area contributed by atoms with Crippen LogP contribution in [-0.4, -0.2) is 28.4 Å². The van der Waals surface area contributed by atoms with E-state index in [0.29, 0.717) is 16.8 Å². The first-order valence-electron chi connectivity index (χ1n) is 7.67. The highest BCUT2D eigenvalue weighted by atomic mass is 32.2. The first kappa shape index (κ1) is 16.2. The van der Waals surface area contributed by atoms with E-state index >= 15 is 0 Å². The Morgan fingerprint density at radius 3 is 2.42 bits per heavy atom. The molecule has 0 bridgehead atoms. The third kappa shape index (κ3) is 3.03. The lowest BCUT2D eigenvalue weighted by Gasteiger charge is -2.08. The highest BCUT2D eigenvalue weighted by Crippen LogP contribution is 2.28. The minimum absolute atomic E-state index is 0.0579. The molecule has 4 rings (SSSR count). The maximum absolute atomic E-state index is 11.6. The summed E-state index contributed by atoms with van der Waals surface area (Å²) in [7, 11) is -3.84. The molecule has 0 saturated carbocycles. The zero-order valence-corrected chi connectivity index (χ0v) is 14.3. The summed E-state index contributed by atoms with van der Waals surface area (Å²) in [6.07, 6.45) is 7.91. The molecule has 2 N–H and O–H groups in total.